The number of hydrogen-bond acceptors (Lipinski definition) is 2. The Kier molecular flexibility index (Phi) is 4.39. The van der Waals surface area contributed by atoms with Crippen LogP contribution in [-0.2, 0) is 4.79 Å². The van der Waals surface area contributed by atoms with Crippen LogP contribution in [0.1, 0.15) is 33.1 Å². The third kappa shape index (κ3) is 4.09. The second-order valence-electron chi connectivity index (χ2n) is 4.67. The van der Waals surface area contributed by atoms with Crippen molar-refractivity contribution in [2.75, 3.05) is 20.1 Å². The molecule has 0 bridgehead atoms. The summed E-state index contributed by atoms with van der Waals surface area (Å²) in [5, 5.41) is 2.95. The van der Waals surface area contributed by atoms with Gasteiger partial charge in [-0.15, -0.1) is 0 Å². The van der Waals surface area contributed by atoms with E-state index in [1.54, 1.807) is 0 Å². The summed E-state index contributed by atoms with van der Waals surface area (Å²) < 4.78 is 0. The summed E-state index contributed by atoms with van der Waals surface area (Å²) in [6.45, 7) is 6.29. The highest BCUT2D eigenvalue weighted by Crippen LogP contribution is 2.19. The van der Waals surface area contributed by atoms with Crippen molar-refractivity contribution >= 4 is 5.91 Å². The van der Waals surface area contributed by atoms with E-state index in [-0.39, 0.29) is 11.9 Å². The third-order valence-electron chi connectivity index (χ3n) is 2.76. The van der Waals surface area contributed by atoms with Crippen molar-refractivity contribution in [3.8, 4) is 0 Å². The molecule has 82 valence electrons. The van der Waals surface area contributed by atoms with E-state index in [1.807, 2.05) is 13.8 Å². The van der Waals surface area contributed by atoms with E-state index >= 15 is 0 Å². The minimum Gasteiger partial charge on any atom is -0.354 e. The van der Waals surface area contributed by atoms with Crippen LogP contribution in [0.5, 0.6) is 0 Å². The van der Waals surface area contributed by atoms with E-state index in [1.165, 1.54) is 12.8 Å². The number of piperidine rings is 1. The van der Waals surface area contributed by atoms with Gasteiger partial charge in [-0.1, -0.05) is 0 Å². The molecule has 14 heavy (non-hydrogen) atoms. The van der Waals surface area contributed by atoms with Gasteiger partial charge in [0.2, 0.25) is 5.91 Å². The quantitative estimate of drug-likeness (QED) is 0.740. The summed E-state index contributed by atoms with van der Waals surface area (Å²) in [4.78, 5) is 13.8. The normalized spacial score (nSPS) is 20.0. The van der Waals surface area contributed by atoms with Crippen molar-refractivity contribution in [2.24, 2.45) is 5.92 Å². The molecule has 0 atom stereocenters. The Bertz CT molecular complexity index is 184. The molecule has 0 aromatic heterocycles. The van der Waals surface area contributed by atoms with Gasteiger partial charge in [-0.2, -0.15) is 0 Å². The van der Waals surface area contributed by atoms with E-state index in [4.69, 9.17) is 0 Å². The number of hydrogen-bond donors (Lipinski definition) is 1. The lowest BCUT2D eigenvalue weighted by molar-refractivity contribution is -0.122. The van der Waals surface area contributed by atoms with Crippen LogP contribution < -0.4 is 5.32 Å². The largest absolute Gasteiger partial charge is 0.354 e. The Labute approximate surface area is 86.9 Å². The molecule has 0 saturated carbocycles. The SMILES string of the molecule is CC(C)NC(=O)CC1CCN(C)CC1. The average molecular weight is 198 g/mol. The summed E-state index contributed by atoms with van der Waals surface area (Å²) in [5.74, 6) is 0.819. The molecule has 0 aliphatic carbocycles. The predicted octanol–water partition coefficient (Wildman–Crippen LogP) is 1.24. The molecule has 1 heterocycles. The monoisotopic (exact) mass is 198 g/mol. The van der Waals surface area contributed by atoms with Gasteiger partial charge >= 0.3 is 0 Å². The van der Waals surface area contributed by atoms with Crippen molar-refractivity contribution in [1.82, 2.24) is 10.2 Å². The van der Waals surface area contributed by atoms with Crippen molar-refractivity contribution in [1.29, 1.82) is 0 Å². The maximum Gasteiger partial charge on any atom is 0.220 e. The number of carbonyl (C=O) groups is 1. The van der Waals surface area contributed by atoms with Crippen molar-refractivity contribution in [3.05, 3.63) is 0 Å². The van der Waals surface area contributed by atoms with Crippen LogP contribution >= 0.6 is 0 Å². The second-order valence-corrected chi connectivity index (χ2v) is 4.67. The zero-order chi connectivity index (χ0) is 10.6. The molecule has 0 radical (unpaired) electrons. The zero-order valence-corrected chi connectivity index (χ0v) is 9.55. The minimum absolute atomic E-state index is 0.217. The molecule has 1 saturated heterocycles. The predicted molar refractivity (Wildman–Crippen MR) is 58.1 cm³/mol. The summed E-state index contributed by atoms with van der Waals surface area (Å²) in [6, 6.07) is 0.272. The summed E-state index contributed by atoms with van der Waals surface area (Å²) >= 11 is 0. The number of likely N-dealkylation sites (tertiary alicyclic amines) is 1. The van der Waals surface area contributed by atoms with E-state index in [0.717, 1.165) is 13.1 Å². The number of nitrogens with one attached hydrogen (secondary N) is 1. The van der Waals surface area contributed by atoms with Crippen LogP contribution in [0.2, 0.25) is 0 Å². The van der Waals surface area contributed by atoms with Crippen LogP contribution in [0.15, 0.2) is 0 Å². The van der Waals surface area contributed by atoms with Crippen molar-refractivity contribution in [2.45, 2.75) is 39.2 Å². The lowest BCUT2D eigenvalue weighted by Gasteiger charge is -2.28. The third-order valence-corrected chi connectivity index (χ3v) is 2.76. The van der Waals surface area contributed by atoms with Gasteiger partial charge in [0.15, 0.2) is 0 Å². The molecule has 1 N–H and O–H groups in total. The molecular weight excluding hydrogens is 176 g/mol. The molecule has 1 rings (SSSR count). The van der Waals surface area contributed by atoms with Crippen molar-refractivity contribution < 1.29 is 4.79 Å². The Morgan fingerprint density at radius 1 is 1.43 bits per heavy atom. The van der Waals surface area contributed by atoms with Crippen LogP contribution in [0.4, 0.5) is 0 Å². The van der Waals surface area contributed by atoms with Gasteiger partial charge in [0.25, 0.3) is 0 Å². The Balaban J connectivity index is 2.20. The van der Waals surface area contributed by atoms with E-state index in [2.05, 4.69) is 17.3 Å². The van der Waals surface area contributed by atoms with Crippen LogP contribution in [0.25, 0.3) is 0 Å². The lowest BCUT2D eigenvalue weighted by Crippen LogP contribution is -2.35. The minimum atomic E-state index is 0.217. The lowest BCUT2D eigenvalue weighted by atomic mass is 9.93. The van der Waals surface area contributed by atoms with E-state index in [0.29, 0.717) is 12.3 Å². The molecule has 3 heteroatoms. The molecule has 0 aromatic rings. The van der Waals surface area contributed by atoms with Crippen LogP contribution in [0.3, 0.4) is 0 Å². The first-order chi connectivity index (χ1) is 6.58. The fourth-order valence-corrected chi connectivity index (χ4v) is 1.91. The maximum atomic E-state index is 11.5. The van der Waals surface area contributed by atoms with Crippen LogP contribution in [-0.4, -0.2) is 37.0 Å². The van der Waals surface area contributed by atoms with E-state index < -0.39 is 0 Å². The number of rotatable bonds is 3. The van der Waals surface area contributed by atoms with Gasteiger partial charge < -0.3 is 10.2 Å². The molecule has 0 unspecified atom stereocenters. The highest BCUT2D eigenvalue weighted by Gasteiger charge is 2.19. The smallest absolute Gasteiger partial charge is 0.220 e. The molecule has 1 aliphatic rings. The Morgan fingerprint density at radius 2 is 2.00 bits per heavy atom. The van der Waals surface area contributed by atoms with Gasteiger partial charge in [-0.25, -0.2) is 0 Å². The Hall–Kier alpha value is -0.570. The molecular formula is C11H22N2O. The van der Waals surface area contributed by atoms with Gasteiger partial charge in [0.05, 0.1) is 0 Å². The van der Waals surface area contributed by atoms with Gasteiger partial charge in [0, 0.05) is 12.5 Å². The van der Waals surface area contributed by atoms with Gasteiger partial charge in [-0.3, -0.25) is 4.79 Å². The second kappa shape index (κ2) is 5.35. The zero-order valence-electron chi connectivity index (χ0n) is 9.55. The Morgan fingerprint density at radius 3 is 2.50 bits per heavy atom. The van der Waals surface area contributed by atoms with Gasteiger partial charge in [-0.05, 0) is 52.7 Å². The first kappa shape index (κ1) is 11.5. The molecule has 0 spiro atoms. The van der Waals surface area contributed by atoms with E-state index in [9.17, 15) is 4.79 Å². The fourth-order valence-electron chi connectivity index (χ4n) is 1.91. The number of carbonyl (C=O) groups excluding carboxylic acids is 1. The molecule has 3 nitrogen and oxygen atoms in total. The first-order valence-corrected chi connectivity index (χ1v) is 5.56. The molecule has 1 aliphatic heterocycles. The molecule has 1 fully saturated rings. The topological polar surface area (TPSA) is 32.3 Å². The maximum absolute atomic E-state index is 11.5. The molecule has 0 aromatic carbocycles. The van der Waals surface area contributed by atoms with Gasteiger partial charge in [0.1, 0.15) is 0 Å². The summed E-state index contributed by atoms with van der Waals surface area (Å²) in [6.07, 6.45) is 3.05. The highest BCUT2D eigenvalue weighted by molar-refractivity contribution is 5.76. The summed E-state index contributed by atoms with van der Waals surface area (Å²) in [5.41, 5.74) is 0. The molecule has 1 amide bonds. The standard InChI is InChI=1S/C11H22N2O/c1-9(2)12-11(14)8-10-4-6-13(3)7-5-10/h9-10H,4-8H2,1-3H3,(H,12,14). The van der Waals surface area contributed by atoms with Crippen LogP contribution in [0, 0.1) is 5.92 Å². The number of nitrogens with zero attached hydrogens (tertiary/aromatic N) is 1. The first-order valence-electron chi connectivity index (χ1n) is 5.56. The highest BCUT2D eigenvalue weighted by atomic mass is 16.1. The fraction of sp³-hybridized carbons (Fsp3) is 0.909. The number of amides is 1. The summed E-state index contributed by atoms with van der Waals surface area (Å²) in [7, 11) is 2.14. The average Bonchev–Trinajstić information content (AvgIpc) is 2.07. The van der Waals surface area contributed by atoms with Crippen molar-refractivity contribution in [3.63, 3.8) is 0 Å².